The van der Waals surface area contributed by atoms with E-state index in [4.69, 9.17) is 0 Å². The van der Waals surface area contributed by atoms with E-state index in [0.29, 0.717) is 37.1 Å². The SMILES string of the molecule is Cc1nn(CCO)c(Nc2ccnc(Nc3cccc(S(=O)(=O)N4CCCC4)c3)n2)c1C. The predicted molar refractivity (Wildman–Crippen MR) is 122 cm³/mol. The monoisotopic (exact) mass is 457 g/mol. The van der Waals surface area contributed by atoms with Gasteiger partial charge in [-0.15, -0.1) is 0 Å². The second-order valence-electron chi connectivity index (χ2n) is 7.66. The molecule has 1 aromatic carbocycles. The standard InChI is InChI=1S/C21H27N7O3S/c1-15-16(2)26-28(12-13-29)20(15)24-19-8-9-22-21(25-19)23-17-6-5-7-18(14-17)32(30,31)27-10-3-4-11-27/h5-9,14,29H,3-4,10-13H2,1-2H3,(H2,22,23,24,25). The summed E-state index contributed by atoms with van der Waals surface area (Å²) in [6, 6.07) is 8.40. The fourth-order valence-corrected chi connectivity index (χ4v) is 5.20. The number of aliphatic hydroxyl groups is 1. The molecule has 3 N–H and O–H groups in total. The Balaban J connectivity index is 1.54. The summed E-state index contributed by atoms with van der Waals surface area (Å²) in [5.41, 5.74) is 2.41. The molecule has 0 radical (unpaired) electrons. The van der Waals surface area contributed by atoms with E-state index < -0.39 is 10.0 Å². The molecule has 0 aliphatic carbocycles. The molecular weight excluding hydrogens is 430 g/mol. The van der Waals surface area contributed by atoms with Crippen molar-refractivity contribution in [1.29, 1.82) is 0 Å². The number of aliphatic hydroxyl groups excluding tert-OH is 1. The lowest BCUT2D eigenvalue weighted by atomic mass is 10.3. The second-order valence-corrected chi connectivity index (χ2v) is 9.60. The van der Waals surface area contributed by atoms with Gasteiger partial charge in [-0.1, -0.05) is 6.07 Å². The molecule has 11 heteroatoms. The van der Waals surface area contributed by atoms with Crippen LogP contribution in [0.2, 0.25) is 0 Å². The zero-order valence-corrected chi connectivity index (χ0v) is 18.9. The van der Waals surface area contributed by atoms with Crippen molar-refractivity contribution in [3.63, 3.8) is 0 Å². The van der Waals surface area contributed by atoms with Crippen molar-refractivity contribution >= 4 is 33.3 Å². The lowest BCUT2D eigenvalue weighted by Gasteiger charge is -2.16. The Kier molecular flexibility index (Phi) is 6.40. The van der Waals surface area contributed by atoms with Crippen LogP contribution in [0.15, 0.2) is 41.4 Å². The second kappa shape index (κ2) is 9.23. The number of nitrogens with zero attached hydrogens (tertiary/aromatic N) is 5. The lowest BCUT2D eigenvalue weighted by Crippen LogP contribution is -2.27. The molecule has 1 aliphatic heterocycles. The Hall–Kier alpha value is -3.02. The van der Waals surface area contributed by atoms with Gasteiger partial charge in [-0.2, -0.15) is 14.4 Å². The van der Waals surface area contributed by atoms with Gasteiger partial charge in [-0.05, 0) is 51.0 Å². The quantitative estimate of drug-likeness (QED) is 0.471. The van der Waals surface area contributed by atoms with Crippen LogP contribution in [0, 0.1) is 13.8 Å². The normalized spacial score (nSPS) is 14.6. The highest BCUT2D eigenvalue weighted by molar-refractivity contribution is 7.89. The fourth-order valence-electron chi connectivity index (χ4n) is 3.64. The van der Waals surface area contributed by atoms with Crippen molar-refractivity contribution < 1.29 is 13.5 Å². The molecule has 32 heavy (non-hydrogen) atoms. The van der Waals surface area contributed by atoms with Gasteiger partial charge in [0, 0.05) is 30.5 Å². The van der Waals surface area contributed by atoms with Crippen LogP contribution in [0.4, 0.5) is 23.3 Å². The van der Waals surface area contributed by atoms with Crippen molar-refractivity contribution in [2.75, 3.05) is 30.3 Å². The molecule has 0 bridgehead atoms. The van der Waals surface area contributed by atoms with Gasteiger partial charge < -0.3 is 15.7 Å². The number of hydrogen-bond acceptors (Lipinski definition) is 8. The Morgan fingerprint density at radius 3 is 2.66 bits per heavy atom. The third kappa shape index (κ3) is 4.59. The van der Waals surface area contributed by atoms with Gasteiger partial charge in [-0.3, -0.25) is 0 Å². The van der Waals surface area contributed by atoms with Gasteiger partial charge in [-0.25, -0.2) is 18.1 Å². The van der Waals surface area contributed by atoms with Crippen LogP contribution in [-0.2, 0) is 16.6 Å². The molecule has 0 saturated carbocycles. The smallest absolute Gasteiger partial charge is 0.243 e. The number of benzene rings is 1. The van der Waals surface area contributed by atoms with Crippen LogP contribution in [0.3, 0.4) is 0 Å². The van der Waals surface area contributed by atoms with Gasteiger partial charge in [0.25, 0.3) is 0 Å². The number of aryl methyl sites for hydroxylation is 1. The van der Waals surface area contributed by atoms with Crippen LogP contribution in [0.5, 0.6) is 0 Å². The number of rotatable bonds is 8. The predicted octanol–water partition coefficient (Wildman–Crippen LogP) is 2.55. The van der Waals surface area contributed by atoms with Crippen molar-refractivity contribution in [2.45, 2.75) is 38.1 Å². The summed E-state index contributed by atoms with van der Waals surface area (Å²) in [5.74, 6) is 1.62. The zero-order valence-electron chi connectivity index (χ0n) is 18.1. The molecule has 1 fully saturated rings. The van der Waals surface area contributed by atoms with E-state index in [0.717, 1.165) is 29.9 Å². The van der Waals surface area contributed by atoms with Gasteiger partial charge >= 0.3 is 0 Å². The third-order valence-electron chi connectivity index (χ3n) is 5.43. The molecular formula is C21H27N7O3S. The van der Waals surface area contributed by atoms with Gasteiger partial charge in [0.15, 0.2) is 0 Å². The summed E-state index contributed by atoms with van der Waals surface area (Å²) < 4.78 is 28.9. The summed E-state index contributed by atoms with van der Waals surface area (Å²) in [4.78, 5) is 8.98. The molecule has 0 atom stereocenters. The van der Waals surface area contributed by atoms with Crippen LogP contribution in [0.25, 0.3) is 0 Å². The molecule has 10 nitrogen and oxygen atoms in total. The summed E-state index contributed by atoms with van der Waals surface area (Å²) in [5, 5.41) is 20.0. The number of aromatic nitrogens is 4. The average molecular weight is 458 g/mol. The zero-order chi connectivity index (χ0) is 22.7. The maximum absolute atomic E-state index is 12.8. The first kappa shape index (κ1) is 22.2. The molecule has 2 aromatic heterocycles. The molecule has 3 heterocycles. The van der Waals surface area contributed by atoms with Gasteiger partial charge in [0.1, 0.15) is 11.6 Å². The van der Waals surface area contributed by atoms with Crippen molar-refractivity contribution in [1.82, 2.24) is 24.1 Å². The van der Waals surface area contributed by atoms with E-state index in [1.54, 1.807) is 41.2 Å². The first-order valence-corrected chi connectivity index (χ1v) is 11.9. The molecule has 1 saturated heterocycles. The molecule has 0 spiro atoms. The van der Waals surface area contributed by atoms with E-state index in [2.05, 4.69) is 25.7 Å². The van der Waals surface area contributed by atoms with Crippen LogP contribution < -0.4 is 10.6 Å². The number of nitrogens with one attached hydrogen (secondary N) is 2. The van der Waals surface area contributed by atoms with Crippen LogP contribution >= 0.6 is 0 Å². The summed E-state index contributed by atoms with van der Waals surface area (Å²) in [6.45, 7) is 5.31. The highest BCUT2D eigenvalue weighted by Gasteiger charge is 2.27. The average Bonchev–Trinajstić information content (AvgIpc) is 3.40. The summed E-state index contributed by atoms with van der Waals surface area (Å²) in [7, 11) is -3.51. The molecule has 3 aromatic rings. The molecule has 170 valence electrons. The van der Waals surface area contributed by atoms with E-state index in [-0.39, 0.29) is 11.5 Å². The largest absolute Gasteiger partial charge is 0.394 e. The van der Waals surface area contributed by atoms with Crippen LogP contribution in [0.1, 0.15) is 24.1 Å². The minimum atomic E-state index is -3.51. The minimum Gasteiger partial charge on any atom is -0.394 e. The number of anilines is 4. The first-order valence-electron chi connectivity index (χ1n) is 10.5. The summed E-state index contributed by atoms with van der Waals surface area (Å²) in [6.07, 6.45) is 3.39. The number of sulfonamides is 1. The Bertz CT molecular complexity index is 1200. The topological polar surface area (TPSA) is 125 Å². The van der Waals surface area contributed by atoms with Crippen LogP contribution in [-0.4, -0.2) is 57.3 Å². The molecule has 4 rings (SSSR count). The van der Waals surface area contributed by atoms with Crippen molar-refractivity contribution in [3.05, 3.63) is 47.8 Å². The van der Waals surface area contributed by atoms with E-state index >= 15 is 0 Å². The Morgan fingerprint density at radius 2 is 1.91 bits per heavy atom. The van der Waals surface area contributed by atoms with Gasteiger partial charge in [0.05, 0.1) is 23.7 Å². The van der Waals surface area contributed by atoms with Crippen molar-refractivity contribution in [2.24, 2.45) is 0 Å². The fraction of sp³-hybridized carbons (Fsp3) is 0.381. The lowest BCUT2D eigenvalue weighted by molar-refractivity contribution is 0.270. The molecule has 0 amide bonds. The third-order valence-corrected chi connectivity index (χ3v) is 7.33. The molecule has 0 unspecified atom stereocenters. The van der Waals surface area contributed by atoms with E-state index in [1.165, 1.54) is 4.31 Å². The van der Waals surface area contributed by atoms with Gasteiger partial charge in [0.2, 0.25) is 16.0 Å². The maximum Gasteiger partial charge on any atom is 0.243 e. The van der Waals surface area contributed by atoms with Crippen molar-refractivity contribution in [3.8, 4) is 0 Å². The van der Waals surface area contributed by atoms with E-state index in [1.807, 2.05) is 13.8 Å². The highest BCUT2D eigenvalue weighted by Crippen LogP contribution is 2.25. The molecule has 1 aliphatic rings. The minimum absolute atomic E-state index is 0.0253. The first-order chi connectivity index (χ1) is 15.4. The highest BCUT2D eigenvalue weighted by atomic mass is 32.2. The Morgan fingerprint density at radius 1 is 1.12 bits per heavy atom. The van der Waals surface area contributed by atoms with E-state index in [9.17, 15) is 13.5 Å². The summed E-state index contributed by atoms with van der Waals surface area (Å²) >= 11 is 0. The Labute approximate surface area is 187 Å². The maximum atomic E-state index is 12.8. The number of hydrogen-bond donors (Lipinski definition) is 3.